The van der Waals surface area contributed by atoms with E-state index < -0.39 is 5.91 Å². The lowest BCUT2D eigenvalue weighted by Crippen LogP contribution is -2.39. The van der Waals surface area contributed by atoms with Crippen molar-refractivity contribution >= 4 is 11.8 Å². The molecule has 1 saturated heterocycles. The molecule has 31 heavy (non-hydrogen) atoms. The number of rotatable bonds is 7. The number of aromatic nitrogens is 1. The number of carbonyl (C=O) groups is 2. The summed E-state index contributed by atoms with van der Waals surface area (Å²) in [7, 11) is 0. The molecule has 1 aromatic carbocycles. The maximum Gasteiger partial charge on any atom is 0.273 e. The molecule has 2 saturated carbocycles. The molecule has 5 rings (SSSR count). The fraction of sp³-hybridized carbons (Fsp3) is 0.480. The van der Waals surface area contributed by atoms with Crippen molar-refractivity contribution in [3.8, 4) is 5.88 Å². The number of piperidine rings is 1. The van der Waals surface area contributed by atoms with Crippen molar-refractivity contribution < 1.29 is 14.3 Å². The van der Waals surface area contributed by atoms with Gasteiger partial charge in [0.2, 0.25) is 11.8 Å². The fourth-order valence-electron chi connectivity index (χ4n) is 4.53. The Labute approximate surface area is 182 Å². The minimum atomic E-state index is -0.462. The zero-order valence-corrected chi connectivity index (χ0v) is 17.8. The lowest BCUT2D eigenvalue weighted by atomic mass is 9.91. The van der Waals surface area contributed by atoms with Gasteiger partial charge in [-0.05, 0) is 74.5 Å². The summed E-state index contributed by atoms with van der Waals surface area (Å²) in [6, 6.07) is 11.0. The third-order valence-electron chi connectivity index (χ3n) is 6.63. The normalized spacial score (nSPS) is 21.0. The quantitative estimate of drug-likeness (QED) is 0.728. The van der Waals surface area contributed by atoms with E-state index in [1.807, 2.05) is 29.2 Å². The summed E-state index contributed by atoms with van der Waals surface area (Å²) in [5.41, 5.74) is 8.47. The van der Waals surface area contributed by atoms with Gasteiger partial charge in [-0.25, -0.2) is 4.98 Å². The second kappa shape index (κ2) is 8.33. The summed E-state index contributed by atoms with van der Waals surface area (Å²) in [5.74, 6) is 1.20. The molecule has 2 aromatic rings. The van der Waals surface area contributed by atoms with Crippen molar-refractivity contribution in [3.63, 3.8) is 0 Å². The van der Waals surface area contributed by atoms with Crippen LogP contribution in [0.15, 0.2) is 36.4 Å². The maximum absolute atomic E-state index is 13.6. The molecule has 1 aliphatic heterocycles. The summed E-state index contributed by atoms with van der Waals surface area (Å²) in [6.07, 6.45) is 7.50. The number of nitrogens with zero attached hydrogens (tertiary/aromatic N) is 2. The highest BCUT2D eigenvalue weighted by Crippen LogP contribution is 2.44. The molecule has 0 spiro atoms. The second-order valence-corrected chi connectivity index (χ2v) is 9.08. The number of benzene rings is 1. The molecule has 6 nitrogen and oxygen atoms in total. The number of likely N-dealkylation sites (tertiary alicyclic amines) is 1. The van der Waals surface area contributed by atoms with E-state index in [-0.39, 0.29) is 11.9 Å². The number of hydrogen-bond acceptors (Lipinski definition) is 4. The molecule has 3 aliphatic rings. The molecule has 0 radical (unpaired) electrons. The van der Waals surface area contributed by atoms with Crippen LogP contribution in [-0.2, 0) is 0 Å². The Morgan fingerprint density at radius 2 is 1.81 bits per heavy atom. The van der Waals surface area contributed by atoms with Crippen molar-refractivity contribution in [1.29, 1.82) is 0 Å². The first-order valence-electron chi connectivity index (χ1n) is 11.4. The Morgan fingerprint density at radius 1 is 1.00 bits per heavy atom. The molecule has 2 heterocycles. The zero-order valence-electron chi connectivity index (χ0n) is 17.8. The van der Waals surface area contributed by atoms with Gasteiger partial charge in [0, 0.05) is 17.7 Å². The van der Waals surface area contributed by atoms with Crippen LogP contribution in [0.3, 0.4) is 0 Å². The third kappa shape index (κ3) is 4.29. The van der Waals surface area contributed by atoms with Crippen molar-refractivity contribution in [2.75, 3.05) is 13.2 Å². The molecular weight excluding hydrogens is 390 g/mol. The minimum Gasteiger partial charge on any atom is -0.477 e. The second-order valence-electron chi connectivity index (χ2n) is 9.08. The van der Waals surface area contributed by atoms with Crippen LogP contribution in [-0.4, -0.2) is 34.8 Å². The summed E-state index contributed by atoms with van der Waals surface area (Å²) >= 11 is 0. The number of amides is 2. The molecule has 162 valence electrons. The number of nitrogens with two attached hydrogens (primary N) is 1. The van der Waals surface area contributed by atoms with Gasteiger partial charge >= 0.3 is 0 Å². The van der Waals surface area contributed by atoms with Gasteiger partial charge in [0.25, 0.3) is 5.91 Å². The fourth-order valence-corrected chi connectivity index (χ4v) is 4.53. The standard InChI is InChI=1S/C25H29N3O3/c26-23(29)20-6-2-1-5-19(20)22-7-3-4-14-28(22)25(30)21-13-12-18(17-10-11-17)24(27-21)31-15-16-8-9-16/h1-2,5-6,12-13,16-17,22H,3-4,7-11,14-15H2,(H2,26,29). The van der Waals surface area contributed by atoms with Gasteiger partial charge in [-0.2, -0.15) is 0 Å². The molecule has 1 atom stereocenters. The number of hydrogen-bond donors (Lipinski definition) is 1. The van der Waals surface area contributed by atoms with Crippen LogP contribution in [0.25, 0.3) is 0 Å². The highest BCUT2D eigenvalue weighted by atomic mass is 16.5. The predicted octanol–water partition coefficient (Wildman–Crippen LogP) is 4.21. The van der Waals surface area contributed by atoms with Gasteiger partial charge in [0.05, 0.1) is 12.6 Å². The average Bonchev–Trinajstić information content (AvgIpc) is 3.71. The molecule has 1 aromatic heterocycles. The van der Waals surface area contributed by atoms with Gasteiger partial charge in [-0.15, -0.1) is 0 Å². The summed E-state index contributed by atoms with van der Waals surface area (Å²) in [5, 5.41) is 0. The van der Waals surface area contributed by atoms with E-state index in [0.29, 0.717) is 42.1 Å². The first-order chi connectivity index (χ1) is 15.1. The topological polar surface area (TPSA) is 85.5 Å². The summed E-state index contributed by atoms with van der Waals surface area (Å²) < 4.78 is 6.06. The Bertz CT molecular complexity index is 997. The smallest absolute Gasteiger partial charge is 0.273 e. The van der Waals surface area contributed by atoms with Gasteiger partial charge in [-0.3, -0.25) is 9.59 Å². The van der Waals surface area contributed by atoms with Crippen LogP contribution in [0, 0.1) is 5.92 Å². The highest BCUT2D eigenvalue weighted by molar-refractivity contribution is 5.96. The SMILES string of the molecule is NC(=O)c1ccccc1C1CCCCN1C(=O)c1ccc(C2CC2)c(OCC2CC2)n1. The van der Waals surface area contributed by atoms with Crippen LogP contribution in [0.1, 0.15) is 88.9 Å². The van der Waals surface area contributed by atoms with E-state index in [9.17, 15) is 9.59 Å². The molecular formula is C25H29N3O3. The molecule has 0 bridgehead atoms. The number of carbonyl (C=O) groups excluding carboxylic acids is 2. The Hall–Kier alpha value is -2.89. The van der Waals surface area contributed by atoms with E-state index in [4.69, 9.17) is 10.5 Å². The van der Waals surface area contributed by atoms with Gasteiger partial charge in [0.1, 0.15) is 5.69 Å². The molecule has 1 unspecified atom stereocenters. The van der Waals surface area contributed by atoms with Crippen molar-refractivity contribution in [3.05, 3.63) is 58.8 Å². The number of ether oxygens (including phenoxy) is 1. The van der Waals surface area contributed by atoms with Gasteiger partial charge in [0.15, 0.2) is 0 Å². The first kappa shape index (κ1) is 20.0. The predicted molar refractivity (Wildman–Crippen MR) is 117 cm³/mol. The number of primary amides is 1. The van der Waals surface area contributed by atoms with Crippen LogP contribution in [0.5, 0.6) is 5.88 Å². The lowest BCUT2D eigenvalue weighted by Gasteiger charge is -2.36. The van der Waals surface area contributed by atoms with Crippen LogP contribution < -0.4 is 10.5 Å². The van der Waals surface area contributed by atoms with Crippen molar-refractivity contribution in [1.82, 2.24) is 9.88 Å². The van der Waals surface area contributed by atoms with Gasteiger partial charge in [-0.1, -0.05) is 24.3 Å². The van der Waals surface area contributed by atoms with Crippen LogP contribution >= 0.6 is 0 Å². The highest BCUT2D eigenvalue weighted by Gasteiger charge is 2.33. The Morgan fingerprint density at radius 3 is 2.55 bits per heavy atom. The lowest BCUT2D eigenvalue weighted by molar-refractivity contribution is 0.0601. The Balaban J connectivity index is 1.43. The maximum atomic E-state index is 13.6. The molecule has 6 heteroatoms. The molecule has 2 amide bonds. The van der Waals surface area contributed by atoms with E-state index in [1.54, 1.807) is 12.1 Å². The third-order valence-corrected chi connectivity index (χ3v) is 6.63. The largest absolute Gasteiger partial charge is 0.477 e. The van der Waals surface area contributed by atoms with Crippen LogP contribution in [0.4, 0.5) is 0 Å². The van der Waals surface area contributed by atoms with E-state index in [0.717, 1.165) is 43.2 Å². The zero-order chi connectivity index (χ0) is 21.4. The van der Waals surface area contributed by atoms with Crippen molar-refractivity contribution in [2.24, 2.45) is 11.7 Å². The summed E-state index contributed by atoms with van der Waals surface area (Å²) in [6.45, 7) is 1.32. The molecule has 2 aliphatic carbocycles. The van der Waals surface area contributed by atoms with Gasteiger partial charge < -0.3 is 15.4 Å². The Kier molecular flexibility index (Phi) is 5.38. The van der Waals surface area contributed by atoms with E-state index in [1.165, 1.54) is 12.8 Å². The molecule has 3 fully saturated rings. The summed E-state index contributed by atoms with van der Waals surface area (Å²) in [4.78, 5) is 32.1. The number of pyridine rings is 1. The average molecular weight is 420 g/mol. The molecule has 2 N–H and O–H groups in total. The van der Waals surface area contributed by atoms with E-state index in [2.05, 4.69) is 4.98 Å². The monoisotopic (exact) mass is 419 g/mol. The van der Waals surface area contributed by atoms with Crippen LogP contribution in [0.2, 0.25) is 0 Å². The first-order valence-corrected chi connectivity index (χ1v) is 11.4. The van der Waals surface area contributed by atoms with E-state index >= 15 is 0 Å². The van der Waals surface area contributed by atoms with Crippen molar-refractivity contribution in [2.45, 2.75) is 56.9 Å². The minimum absolute atomic E-state index is 0.109.